The number of halogens is 2. The molecule has 68 heavy (non-hydrogen) atoms. The molecule has 0 amide bonds. The van der Waals surface area contributed by atoms with Gasteiger partial charge in [0.25, 0.3) is 0 Å². The standard InChI is InChI=1S/C26H19NS2.C18H13Br2N.C4H3S.3C4H9.Sn/c1-2-6-22(7-3-1)27(23-14-10-20(11-15-23)25-8-4-18-28-25)24-16-12-21(13-17-24)26-9-5-19-29-26;19-14-6-10-17(11-7-14)21(16-4-2-1-3-5-16)18-12-8-15(20)9-13-18;1-2-4-5-3-1;3*1-3-4-2;/h1-19H;1-13H;1-3H;3*1,3-4H2,2H3;. The Balaban J connectivity index is 0.000000157. The molecule has 6 aromatic carbocycles. The van der Waals surface area contributed by atoms with Crippen molar-refractivity contribution in [3.8, 4) is 20.9 Å². The third kappa shape index (κ3) is 14.4. The van der Waals surface area contributed by atoms with E-state index in [1.807, 2.05) is 8.96 Å². The van der Waals surface area contributed by atoms with Crippen molar-refractivity contribution in [2.45, 2.75) is 72.6 Å². The van der Waals surface area contributed by atoms with Crippen molar-refractivity contribution in [1.29, 1.82) is 0 Å². The third-order valence-corrected chi connectivity index (χ3v) is 34.3. The second-order valence-electron chi connectivity index (χ2n) is 16.9. The number of benzene rings is 6. The average molecular weight is 1190 g/mol. The van der Waals surface area contributed by atoms with Gasteiger partial charge >= 0.3 is 123 Å². The maximum absolute atomic E-state index is 3.49. The molecule has 9 aromatic rings. The number of anilines is 6. The van der Waals surface area contributed by atoms with Crippen LogP contribution in [0.25, 0.3) is 20.9 Å². The molecule has 348 valence electrons. The summed E-state index contributed by atoms with van der Waals surface area (Å²) in [5, 5.41) is 6.55. The molecular weight excluding hydrogens is 1120 g/mol. The van der Waals surface area contributed by atoms with E-state index in [9.17, 15) is 0 Å². The zero-order chi connectivity index (χ0) is 47.4. The summed E-state index contributed by atoms with van der Waals surface area (Å²) in [6.45, 7) is 7.06. The summed E-state index contributed by atoms with van der Waals surface area (Å²) in [5.74, 6) is 0. The first-order valence-electron chi connectivity index (χ1n) is 23.9. The van der Waals surface area contributed by atoms with Crippen LogP contribution >= 0.6 is 65.9 Å². The molecule has 8 heteroatoms. The van der Waals surface area contributed by atoms with Crippen LogP contribution in [0, 0.1) is 0 Å². The van der Waals surface area contributed by atoms with Gasteiger partial charge in [-0.2, -0.15) is 0 Å². The number of para-hydroxylation sites is 2. The van der Waals surface area contributed by atoms with E-state index in [-0.39, 0.29) is 0 Å². The zero-order valence-electron chi connectivity index (χ0n) is 39.4. The van der Waals surface area contributed by atoms with Crippen LogP contribution in [0.2, 0.25) is 13.3 Å². The average Bonchev–Trinajstić information content (AvgIpc) is 4.24. The Bertz CT molecular complexity index is 2580. The maximum atomic E-state index is 3.49. The molecule has 3 heterocycles. The Morgan fingerprint density at radius 1 is 0.353 bits per heavy atom. The van der Waals surface area contributed by atoms with Crippen LogP contribution in [-0.2, 0) is 0 Å². The smallest absolute Gasteiger partial charge is 0.0462 e. The summed E-state index contributed by atoms with van der Waals surface area (Å²) >= 11 is 10.6. The normalized spacial score (nSPS) is 11.0. The summed E-state index contributed by atoms with van der Waals surface area (Å²) in [5.41, 5.74) is 9.37. The Labute approximate surface area is 439 Å². The number of thiophene rings is 3. The monoisotopic (exact) mass is 1180 g/mol. The molecule has 0 fully saturated rings. The zero-order valence-corrected chi connectivity index (χ0v) is 47.9. The minimum absolute atomic E-state index is 1.08. The third-order valence-electron chi connectivity index (χ3n) is 12.1. The van der Waals surface area contributed by atoms with Gasteiger partial charge in [0.15, 0.2) is 0 Å². The molecule has 3 aromatic heterocycles. The first-order chi connectivity index (χ1) is 33.4. The molecule has 9 rings (SSSR count). The van der Waals surface area contributed by atoms with Crippen LogP contribution in [0.4, 0.5) is 34.1 Å². The minimum Gasteiger partial charge on any atom is -0.311 e. The van der Waals surface area contributed by atoms with Crippen molar-refractivity contribution in [2.24, 2.45) is 0 Å². The van der Waals surface area contributed by atoms with Gasteiger partial charge in [-0.15, -0.1) is 22.7 Å². The molecule has 0 aliphatic carbocycles. The summed E-state index contributed by atoms with van der Waals surface area (Å²) in [6, 6.07) is 68.5. The van der Waals surface area contributed by atoms with Crippen molar-refractivity contribution in [3.05, 3.63) is 219 Å². The molecule has 0 bridgehead atoms. The molecule has 0 atom stereocenters. The largest absolute Gasteiger partial charge is 0.311 e. The number of unbranched alkanes of at least 4 members (excludes halogenated alkanes) is 3. The van der Waals surface area contributed by atoms with E-state index in [1.54, 1.807) is 36.0 Å². The van der Waals surface area contributed by atoms with Gasteiger partial charge in [-0.3, -0.25) is 0 Å². The second kappa shape index (κ2) is 27.2. The summed E-state index contributed by atoms with van der Waals surface area (Å²) in [4.78, 5) is 7.13. The van der Waals surface area contributed by atoms with Gasteiger partial charge in [0.2, 0.25) is 0 Å². The molecule has 0 unspecified atom stereocenters. The van der Waals surface area contributed by atoms with E-state index < -0.39 is 18.4 Å². The first-order valence-corrected chi connectivity index (χ1v) is 35.7. The fourth-order valence-corrected chi connectivity index (χ4v) is 30.4. The maximum Gasteiger partial charge on any atom is 0.0462 e. The van der Waals surface area contributed by atoms with Crippen molar-refractivity contribution in [2.75, 3.05) is 9.80 Å². The number of rotatable bonds is 18. The van der Waals surface area contributed by atoms with Gasteiger partial charge in [-0.05, 0) is 131 Å². The first kappa shape index (κ1) is 51.6. The molecular formula is C60H62Br2N2S3Sn. The van der Waals surface area contributed by atoms with Gasteiger partial charge in [0.05, 0.1) is 0 Å². The van der Waals surface area contributed by atoms with Crippen LogP contribution < -0.4 is 12.7 Å². The van der Waals surface area contributed by atoms with Crippen LogP contribution in [0.1, 0.15) is 59.3 Å². The topological polar surface area (TPSA) is 6.48 Å². The summed E-state index contributed by atoms with van der Waals surface area (Å²) in [6.07, 6.45) is 8.55. The predicted molar refractivity (Wildman–Crippen MR) is 313 cm³/mol. The molecule has 2 nitrogen and oxygen atoms in total. The van der Waals surface area contributed by atoms with Crippen molar-refractivity contribution < 1.29 is 0 Å². The molecule has 0 saturated carbocycles. The van der Waals surface area contributed by atoms with E-state index in [0.29, 0.717) is 0 Å². The SMILES string of the molecule is Brc1ccc(N(c2ccccc2)c2ccc(Br)cc2)cc1.CCC[CH2][Sn]([CH2]CCC)([CH2]CCC)[c]1cccs1.c1ccc(N(c2ccc(-c3cccs3)cc2)c2ccc(-c3cccs3)cc2)cc1. The van der Waals surface area contributed by atoms with Crippen LogP contribution in [0.15, 0.2) is 219 Å². The Morgan fingerprint density at radius 3 is 0.985 bits per heavy atom. The quantitative estimate of drug-likeness (QED) is 0.0790. The van der Waals surface area contributed by atoms with Gasteiger partial charge in [-0.25, -0.2) is 0 Å². The van der Waals surface area contributed by atoms with Crippen LogP contribution in [-0.4, -0.2) is 18.4 Å². The van der Waals surface area contributed by atoms with Gasteiger partial charge < -0.3 is 9.80 Å². The summed E-state index contributed by atoms with van der Waals surface area (Å²) in [7, 11) is 0. The fourth-order valence-electron chi connectivity index (χ4n) is 8.53. The molecule has 0 aliphatic heterocycles. The van der Waals surface area contributed by atoms with E-state index in [4.69, 9.17) is 0 Å². The second-order valence-corrected chi connectivity index (χ2v) is 35.7. The molecule has 0 N–H and O–H groups in total. The van der Waals surface area contributed by atoms with E-state index in [1.165, 1.54) is 59.4 Å². The van der Waals surface area contributed by atoms with Crippen LogP contribution in [0.3, 0.4) is 0 Å². The van der Waals surface area contributed by atoms with Gasteiger partial charge in [0, 0.05) is 52.8 Å². The van der Waals surface area contributed by atoms with E-state index in [2.05, 4.69) is 278 Å². The number of nitrogens with zero attached hydrogens (tertiary/aromatic N) is 2. The predicted octanol–water partition coefficient (Wildman–Crippen LogP) is 21.1. The Kier molecular flexibility index (Phi) is 20.7. The Morgan fingerprint density at radius 2 is 0.676 bits per heavy atom. The molecule has 0 saturated heterocycles. The summed E-state index contributed by atoms with van der Waals surface area (Å²) < 4.78 is 8.83. The van der Waals surface area contributed by atoms with Gasteiger partial charge in [-0.1, -0.05) is 105 Å². The number of hydrogen-bond donors (Lipinski definition) is 0. The van der Waals surface area contributed by atoms with Crippen LogP contribution in [0.5, 0.6) is 0 Å². The van der Waals surface area contributed by atoms with Crippen molar-refractivity contribution >= 4 is 121 Å². The number of hydrogen-bond acceptors (Lipinski definition) is 5. The fraction of sp³-hybridized carbons (Fsp3) is 0.200. The molecule has 0 aliphatic rings. The molecule has 0 spiro atoms. The van der Waals surface area contributed by atoms with Crippen molar-refractivity contribution in [1.82, 2.24) is 0 Å². The minimum atomic E-state index is -2.01. The van der Waals surface area contributed by atoms with E-state index >= 15 is 0 Å². The van der Waals surface area contributed by atoms with Crippen molar-refractivity contribution in [3.63, 3.8) is 0 Å². The van der Waals surface area contributed by atoms with Gasteiger partial charge in [0.1, 0.15) is 0 Å². The van der Waals surface area contributed by atoms with E-state index in [0.717, 1.165) is 43.1 Å². The molecule has 0 radical (unpaired) electrons. The Hall–Kier alpha value is -4.22.